The highest BCUT2D eigenvalue weighted by atomic mass is 32.2. The third-order valence-corrected chi connectivity index (χ3v) is 8.59. The van der Waals surface area contributed by atoms with E-state index in [9.17, 15) is 13.2 Å². The predicted octanol–water partition coefficient (Wildman–Crippen LogP) is 5.09. The van der Waals surface area contributed by atoms with Crippen LogP contribution in [0.1, 0.15) is 44.7 Å². The van der Waals surface area contributed by atoms with E-state index in [0.717, 1.165) is 28.5 Å². The summed E-state index contributed by atoms with van der Waals surface area (Å²) in [6.07, 6.45) is 2.20. The van der Waals surface area contributed by atoms with Crippen molar-refractivity contribution >= 4 is 21.6 Å². The van der Waals surface area contributed by atoms with Crippen molar-refractivity contribution < 1.29 is 22.7 Å². The third kappa shape index (κ3) is 5.18. The van der Waals surface area contributed by atoms with Gasteiger partial charge in [0.2, 0.25) is 5.91 Å². The van der Waals surface area contributed by atoms with Crippen molar-refractivity contribution in [1.29, 1.82) is 0 Å². The van der Waals surface area contributed by atoms with Crippen molar-refractivity contribution in [3.8, 4) is 11.5 Å². The molecule has 0 bridgehead atoms. The van der Waals surface area contributed by atoms with Gasteiger partial charge in [-0.15, -0.1) is 0 Å². The average molecular weight is 509 g/mol. The van der Waals surface area contributed by atoms with Gasteiger partial charge < -0.3 is 14.8 Å². The Hall–Kier alpha value is -3.52. The predicted molar refractivity (Wildman–Crippen MR) is 140 cm³/mol. The first-order chi connectivity index (χ1) is 17.3. The molecule has 0 saturated heterocycles. The van der Waals surface area contributed by atoms with Gasteiger partial charge in [-0.3, -0.25) is 9.10 Å². The van der Waals surface area contributed by atoms with Crippen molar-refractivity contribution in [1.82, 2.24) is 5.32 Å². The molecule has 4 rings (SSSR count). The van der Waals surface area contributed by atoms with Crippen LogP contribution in [0.2, 0.25) is 0 Å². The zero-order valence-corrected chi connectivity index (χ0v) is 21.6. The number of amides is 1. The Morgan fingerprint density at radius 2 is 1.64 bits per heavy atom. The molecule has 0 saturated carbocycles. The van der Waals surface area contributed by atoms with Crippen LogP contribution in [-0.4, -0.2) is 33.6 Å². The van der Waals surface area contributed by atoms with E-state index in [4.69, 9.17) is 9.47 Å². The van der Waals surface area contributed by atoms with Crippen molar-refractivity contribution in [2.75, 3.05) is 18.0 Å². The summed E-state index contributed by atoms with van der Waals surface area (Å²) in [6.45, 7) is 3.79. The number of para-hydroxylation sites is 1. The van der Waals surface area contributed by atoms with Crippen LogP contribution in [-0.2, 0) is 14.8 Å². The van der Waals surface area contributed by atoms with Crippen molar-refractivity contribution in [3.63, 3.8) is 0 Å². The van der Waals surface area contributed by atoms with E-state index in [2.05, 4.69) is 19.2 Å². The molecule has 1 aliphatic rings. The molecule has 0 unspecified atom stereocenters. The number of hydrogen-bond donors (Lipinski definition) is 1. The number of sulfonamides is 1. The quantitative estimate of drug-likeness (QED) is 0.435. The number of ether oxygens (including phenoxy) is 2. The number of fused-ring (bicyclic) bond motifs is 1. The normalized spacial score (nSPS) is 16.4. The summed E-state index contributed by atoms with van der Waals surface area (Å²) >= 11 is 0. The summed E-state index contributed by atoms with van der Waals surface area (Å²) in [5, 5.41) is 3.10. The molecule has 0 aliphatic carbocycles. The molecule has 8 heteroatoms. The van der Waals surface area contributed by atoms with Crippen LogP contribution in [0.3, 0.4) is 0 Å². The lowest BCUT2D eigenvalue weighted by Gasteiger charge is -2.41. The first-order valence-electron chi connectivity index (χ1n) is 12.1. The number of anilines is 1. The van der Waals surface area contributed by atoms with E-state index in [1.165, 1.54) is 12.1 Å². The number of rotatable bonds is 9. The fraction of sp³-hybridized carbons (Fsp3) is 0.321. The Morgan fingerprint density at radius 3 is 2.28 bits per heavy atom. The van der Waals surface area contributed by atoms with Gasteiger partial charge >= 0.3 is 0 Å². The maximum absolute atomic E-state index is 13.6. The lowest BCUT2D eigenvalue weighted by Crippen LogP contribution is -2.47. The number of carbonyl (C=O) groups is 1. The Kier molecular flexibility index (Phi) is 7.54. The topological polar surface area (TPSA) is 84.9 Å². The second-order valence-electron chi connectivity index (χ2n) is 8.88. The minimum atomic E-state index is -4.00. The number of hydrogen-bond acceptors (Lipinski definition) is 5. The van der Waals surface area contributed by atoms with Crippen LogP contribution in [0.4, 0.5) is 5.69 Å². The second kappa shape index (κ2) is 10.6. The largest absolute Gasteiger partial charge is 0.497 e. The molecule has 36 heavy (non-hydrogen) atoms. The first kappa shape index (κ1) is 25.6. The Morgan fingerprint density at radius 1 is 1.00 bits per heavy atom. The zero-order chi connectivity index (χ0) is 25.8. The highest BCUT2D eigenvalue weighted by Gasteiger charge is 2.39. The van der Waals surface area contributed by atoms with Crippen LogP contribution in [0.15, 0.2) is 83.8 Å². The Bertz CT molecular complexity index is 1290. The third-order valence-electron chi connectivity index (χ3n) is 6.80. The highest BCUT2D eigenvalue weighted by Crippen LogP contribution is 2.42. The zero-order valence-electron chi connectivity index (χ0n) is 20.8. The van der Waals surface area contributed by atoms with Gasteiger partial charge in [0.25, 0.3) is 10.0 Å². The maximum atomic E-state index is 13.6. The van der Waals surface area contributed by atoms with Gasteiger partial charge in [-0.25, -0.2) is 8.42 Å². The van der Waals surface area contributed by atoms with Gasteiger partial charge in [0, 0.05) is 12.0 Å². The summed E-state index contributed by atoms with van der Waals surface area (Å²) in [4.78, 5) is 13.5. The van der Waals surface area contributed by atoms with Crippen molar-refractivity contribution in [2.45, 2.75) is 49.6 Å². The van der Waals surface area contributed by atoms with Crippen LogP contribution >= 0.6 is 0 Å². The minimum Gasteiger partial charge on any atom is -0.497 e. The van der Waals surface area contributed by atoms with Gasteiger partial charge in [-0.05, 0) is 55.3 Å². The number of benzene rings is 3. The summed E-state index contributed by atoms with van der Waals surface area (Å²) < 4.78 is 39.9. The van der Waals surface area contributed by atoms with Crippen molar-refractivity contribution in [3.05, 3.63) is 84.4 Å². The van der Waals surface area contributed by atoms with E-state index < -0.39 is 21.5 Å². The van der Waals surface area contributed by atoms with E-state index in [0.29, 0.717) is 17.9 Å². The van der Waals surface area contributed by atoms with Gasteiger partial charge in [0.1, 0.15) is 23.6 Å². The summed E-state index contributed by atoms with van der Waals surface area (Å²) in [5.41, 5.74) is 0.877. The van der Waals surface area contributed by atoms with Gasteiger partial charge in [0.15, 0.2) is 0 Å². The maximum Gasteiger partial charge on any atom is 0.264 e. The molecule has 7 nitrogen and oxygen atoms in total. The molecule has 1 aliphatic heterocycles. The molecule has 1 atom stereocenters. The molecular formula is C28H32N2O5S. The minimum absolute atomic E-state index is 0.112. The lowest BCUT2D eigenvalue weighted by atomic mass is 9.83. The first-order valence-corrected chi connectivity index (χ1v) is 13.5. The van der Waals surface area contributed by atoms with Crippen LogP contribution < -0.4 is 19.1 Å². The number of nitrogens with one attached hydrogen (secondary N) is 1. The van der Waals surface area contributed by atoms with Crippen LogP contribution in [0.25, 0.3) is 0 Å². The lowest BCUT2D eigenvalue weighted by molar-refractivity contribution is -0.121. The van der Waals surface area contributed by atoms with E-state index >= 15 is 0 Å². The van der Waals surface area contributed by atoms with Gasteiger partial charge in [0.05, 0.1) is 23.7 Å². The summed E-state index contributed by atoms with van der Waals surface area (Å²) in [5.74, 6) is 0.948. The molecular weight excluding hydrogens is 476 g/mol. The van der Waals surface area contributed by atoms with Crippen LogP contribution in [0, 0.1) is 0 Å². The molecule has 1 amide bonds. The van der Waals surface area contributed by atoms with E-state index in [1.807, 2.05) is 24.3 Å². The molecule has 190 valence electrons. The second-order valence-corrected chi connectivity index (χ2v) is 10.7. The molecule has 1 N–H and O–H groups in total. The van der Waals surface area contributed by atoms with Gasteiger partial charge in [-0.2, -0.15) is 0 Å². The Labute approximate surface area is 213 Å². The molecule has 0 radical (unpaired) electrons. The molecule has 3 aromatic carbocycles. The fourth-order valence-electron chi connectivity index (χ4n) is 4.58. The molecule has 0 spiro atoms. The molecule has 3 aromatic rings. The molecule has 0 fully saturated rings. The number of carbonyl (C=O) groups excluding carboxylic acids is 1. The fourth-order valence-corrected chi connectivity index (χ4v) is 6.03. The monoisotopic (exact) mass is 508 g/mol. The Balaban J connectivity index is 1.64. The van der Waals surface area contributed by atoms with Gasteiger partial charge in [-0.1, -0.05) is 50.2 Å². The van der Waals surface area contributed by atoms with Crippen molar-refractivity contribution in [2.24, 2.45) is 0 Å². The number of nitrogens with zero attached hydrogens (tertiary/aromatic N) is 1. The SMILES string of the molecule is CCC1(CC)C[C@@H](NC(=O)CN(c2ccc(OC)cc2)S(=O)(=O)c2ccccc2)c2ccccc2O1. The molecule has 1 heterocycles. The van der Waals surface area contributed by atoms with Crippen LogP contribution in [0.5, 0.6) is 11.5 Å². The summed E-state index contributed by atoms with van der Waals surface area (Å²) in [6, 6.07) is 22.1. The number of methoxy groups -OCH3 is 1. The smallest absolute Gasteiger partial charge is 0.264 e. The standard InChI is InChI=1S/C28H32N2O5S/c1-4-28(5-2)19-25(24-13-9-10-14-26(24)35-28)29-27(31)20-30(21-15-17-22(34-3)18-16-21)36(32,33)23-11-7-6-8-12-23/h6-18,25H,4-5,19-20H2,1-3H3,(H,29,31)/t25-/m1/s1. The van der Waals surface area contributed by atoms with E-state index in [-0.39, 0.29) is 17.5 Å². The summed E-state index contributed by atoms with van der Waals surface area (Å²) in [7, 11) is -2.45. The molecule has 0 aromatic heterocycles. The average Bonchev–Trinajstić information content (AvgIpc) is 2.92. The van der Waals surface area contributed by atoms with E-state index in [1.54, 1.807) is 49.6 Å². The highest BCUT2D eigenvalue weighted by molar-refractivity contribution is 7.92.